The number of Topliss-reactive ketones (excluding diaryl/α,β-unsaturated/α-hetero) is 1. The van der Waals surface area contributed by atoms with Crippen LogP contribution in [0.25, 0.3) is 0 Å². The van der Waals surface area contributed by atoms with E-state index in [2.05, 4.69) is 6.07 Å². The SMILES string of the molecule is CC1Oc2cc3c(cc2C1=O)CCC3. The summed E-state index contributed by atoms with van der Waals surface area (Å²) < 4.78 is 5.49. The Morgan fingerprint density at radius 3 is 2.79 bits per heavy atom. The van der Waals surface area contributed by atoms with Gasteiger partial charge in [0.05, 0.1) is 5.56 Å². The van der Waals surface area contributed by atoms with Crippen LogP contribution < -0.4 is 4.74 Å². The Morgan fingerprint density at radius 1 is 1.29 bits per heavy atom. The lowest BCUT2D eigenvalue weighted by Crippen LogP contribution is -2.14. The maximum absolute atomic E-state index is 11.7. The number of hydrogen-bond acceptors (Lipinski definition) is 2. The minimum atomic E-state index is -0.285. The van der Waals surface area contributed by atoms with E-state index in [4.69, 9.17) is 4.74 Å². The summed E-state index contributed by atoms with van der Waals surface area (Å²) in [7, 11) is 0. The summed E-state index contributed by atoms with van der Waals surface area (Å²) in [5, 5.41) is 0. The number of carbonyl (C=O) groups excluding carboxylic acids is 1. The van der Waals surface area contributed by atoms with Crippen LogP contribution in [0.15, 0.2) is 12.1 Å². The molecule has 1 heterocycles. The molecule has 0 spiro atoms. The molecular weight excluding hydrogens is 176 g/mol. The van der Waals surface area contributed by atoms with Crippen molar-refractivity contribution in [1.29, 1.82) is 0 Å². The molecule has 1 aromatic rings. The summed E-state index contributed by atoms with van der Waals surface area (Å²) >= 11 is 0. The minimum Gasteiger partial charge on any atom is -0.482 e. The Balaban J connectivity index is 2.17. The second-order valence-electron chi connectivity index (χ2n) is 4.09. The van der Waals surface area contributed by atoms with Gasteiger partial charge in [-0.2, -0.15) is 0 Å². The van der Waals surface area contributed by atoms with E-state index >= 15 is 0 Å². The Kier molecular flexibility index (Phi) is 1.49. The van der Waals surface area contributed by atoms with Gasteiger partial charge in [-0.3, -0.25) is 4.79 Å². The van der Waals surface area contributed by atoms with Crippen LogP contribution in [0.5, 0.6) is 5.75 Å². The van der Waals surface area contributed by atoms with Crippen molar-refractivity contribution in [3.05, 3.63) is 28.8 Å². The van der Waals surface area contributed by atoms with E-state index in [0.717, 1.165) is 24.2 Å². The number of aryl methyl sites for hydroxylation is 2. The van der Waals surface area contributed by atoms with Crippen LogP contribution in [-0.4, -0.2) is 11.9 Å². The van der Waals surface area contributed by atoms with Crippen LogP contribution in [0.3, 0.4) is 0 Å². The third-order valence-electron chi connectivity index (χ3n) is 3.13. The van der Waals surface area contributed by atoms with Gasteiger partial charge in [-0.05, 0) is 49.4 Å². The van der Waals surface area contributed by atoms with Gasteiger partial charge in [0.25, 0.3) is 0 Å². The van der Waals surface area contributed by atoms with Crippen LogP contribution in [-0.2, 0) is 12.8 Å². The molecule has 0 saturated heterocycles. The number of rotatable bonds is 0. The average molecular weight is 188 g/mol. The number of benzene rings is 1. The molecule has 1 aliphatic heterocycles. The molecule has 2 nitrogen and oxygen atoms in total. The zero-order valence-corrected chi connectivity index (χ0v) is 8.17. The summed E-state index contributed by atoms with van der Waals surface area (Å²) in [6.07, 6.45) is 3.17. The number of fused-ring (bicyclic) bond motifs is 2. The average Bonchev–Trinajstić information content (AvgIpc) is 2.70. The first-order valence-electron chi connectivity index (χ1n) is 5.12. The van der Waals surface area contributed by atoms with Gasteiger partial charge >= 0.3 is 0 Å². The fourth-order valence-corrected chi connectivity index (χ4v) is 2.35. The Labute approximate surface area is 82.9 Å². The molecule has 0 N–H and O–H groups in total. The van der Waals surface area contributed by atoms with Crippen molar-refractivity contribution in [2.45, 2.75) is 32.3 Å². The molecule has 2 heteroatoms. The standard InChI is InChI=1S/C12H12O2/c1-7-12(13)10-5-8-3-2-4-9(8)6-11(10)14-7/h5-7H,2-4H2,1H3. The number of ketones is 1. The zero-order valence-electron chi connectivity index (χ0n) is 8.17. The first kappa shape index (κ1) is 8.04. The fourth-order valence-electron chi connectivity index (χ4n) is 2.35. The highest BCUT2D eigenvalue weighted by Gasteiger charge is 2.30. The second kappa shape index (κ2) is 2.59. The summed E-state index contributed by atoms with van der Waals surface area (Å²) in [6, 6.07) is 4.09. The lowest BCUT2D eigenvalue weighted by atomic mass is 10.0. The van der Waals surface area contributed by atoms with Gasteiger partial charge in [0, 0.05) is 0 Å². The molecule has 0 fully saturated rings. The lowest BCUT2D eigenvalue weighted by Gasteiger charge is -2.03. The molecule has 0 bridgehead atoms. The van der Waals surface area contributed by atoms with Crippen LogP contribution in [0.4, 0.5) is 0 Å². The van der Waals surface area contributed by atoms with Crippen molar-refractivity contribution in [1.82, 2.24) is 0 Å². The first-order valence-corrected chi connectivity index (χ1v) is 5.12. The fraction of sp³-hybridized carbons (Fsp3) is 0.417. The predicted molar refractivity (Wildman–Crippen MR) is 52.9 cm³/mol. The van der Waals surface area contributed by atoms with Gasteiger partial charge in [0.2, 0.25) is 5.78 Å². The van der Waals surface area contributed by atoms with Crippen molar-refractivity contribution < 1.29 is 9.53 Å². The van der Waals surface area contributed by atoms with E-state index in [1.165, 1.54) is 17.5 Å². The largest absolute Gasteiger partial charge is 0.482 e. The number of ether oxygens (including phenoxy) is 1. The molecule has 0 radical (unpaired) electrons. The third kappa shape index (κ3) is 0.939. The smallest absolute Gasteiger partial charge is 0.206 e. The van der Waals surface area contributed by atoms with Crippen molar-refractivity contribution >= 4 is 5.78 Å². The van der Waals surface area contributed by atoms with Gasteiger partial charge in [0.15, 0.2) is 6.10 Å². The topological polar surface area (TPSA) is 26.3 Å². The van der Waals surface area contributed by atoms with E-state index in [1.807, 2.05) is 13.0 Å². The molecule has 0 aromatic heterocycles. The van der Waals surface area contributed by atoms with Crippen LogP contribution in [0.2, 0.25) is 0 Å². The van der Waals surface area contributed by atoms with Gasteiger partial charge in [-0.1, -0.05) is 0 Å². The molecule has 14 heavy (non-hydrogen) atoms. The number of hydrogen-bond donors (Lipinski definition) is 0. The highest BCUT2D eigenvalue weighted by molar-refractivity contribution is 6.04. The predicted octanol–water partition coefficient (Wildman–Crippen LogP) is 2.14. The van der Waals surface area contributed by atoms with Gasteiger partial charge in [-0.25, -0.2) is 0 Å². The molecule has 0 amide bonds. The van der Waals surface area contributed by atoms with E-state index < -0.39 is 0 Å². The van der Waals surface area contributed by atoms with Gasteiger partial charge in [-0.15, -0.1) is 0 Å². The Morgan fingerprint density at radius 2 is 2.00 bits per heavy atom. The molecule has 72 valence electrons. The summed E-state index contributed by atoms with van der Waals surface area (Å²) in [5.41, 5.74) is 3.50. The highest BCUT2D eigenvalue weighted by Crippen LogP contribution is 2.34. The van der Waals surface area contributed by atoms with Crippen molar-refractivity contribution in [2.24, 2.45) is 0 Å². The van der Waals surface area contributed by atoms with E-state index in [-0.39, 0.29) is 11.9 Å². The molecule has 3 rings (SSSR count). The first-order chi connectivity index (χ1) is 6.75. The molecule has 1 aliphatic carbocycles. The molecule has 0 saturated carbocycles. The maximum Gasteiger partial charge on any atom is 0.206 e. The summed E-state index contributed by atoms with van der Waals surface area (Å²) in [4.78, 5) is 11.7. The Hall–Kier alpha value is -1.31. The number of carbonyl (C=O) groups is 1. The van der Waals surface area contributed by atoms with Gasteiger partial charge in [0.1, 0.15) is 5.75 Å². The normalized spacial score (nSPS) is 23.2. The second-order valence-corrected chi connectivity index (χ2v) is 4.09. The van der Waals surface area contributed by atoms with Crippen molar-refractivity contribution in [2.75, 3.05) is 0 Å². The highest BCUT2D eigenvalue weighted by atomic mass is 16.5. The van der Waals surface area contributed by atoms with Crippen LogP contribution in [0.1, 0.15) is 34.8 Å². The zero-order chi connectivity index (χ0) is 9.71. The van der Waals surface area contributed by atoms with Crippen LogP contribution >= 0.6 is 0 Å². The molecule has 1 unspecified atom stereocenters. The van der Waals surface area contributed by atoms with Crippen molar-refractivity contribution in [3.63, 3.8) is 0 Å². The van der Waals surface area contributed by atoms with E-state index in [9.17, 15) is 4.79 Å². The lowest BCUT2D eigenvalue weighted by molar-refractivity contribution is 0.0878. The van der Waals surface area contributed by atoms with Gasteiger partial charge < -0.3 is 4.74 Å². The molecule has 1 aromatic carbocycles. The summed E-state index contributed by atoms with van der Waals surface area (Å²) in [5.74, 6) is 0.929. The van der Waals surface area contributed by atoms with E-state index in [1.54, 1.807) is 0 Å². The monoisotopic (exact) mass is 188 g/mol. The molecular formula is C12H12O2. The van der Waals surface area contributed by atoms with Crippen molar-refractivity contribution in [3.8, 4) is 5.75 Å². The summed E-state index contributed by atoms with van der Waals surface area (Å²) in [6.45, 7) is 1.81. The molecule has 1 atom stereocenters. The minimum absolute atomic E-state index is 0.134. The van der Waals surface area contributed by atoms with E-state index in [0.29, 0.717) is 0 Å². The van der Waals surface area contributed by atoms with Crippen LogP contribution in [0, 0.1) is 0 Å². The Bertz CT molecular complexity index is 421. The quantitative estimate of drug-likeness (QED) is 0.623. The maximum atomic E-state index is 11.7. The third-order valence-corrected chi connectivity index (χ3v) is 3.13. The molecule has 2 aliphatic rings.